The summed E-state index contributed by atoms with van der Waals surface area (Å²) in [5.74, 6) is 0.580. The molecule has 0 bridgehead atoms. The Hall–Kier alpha value is -0.350. The fourth-order valence-corrected chi connectivity index (χ4v) is 4.01. The Kier molecular flexibility index (Phi) is 6.74. The number of hydrogen-bond donors (Lipinski definition) is 1. The summed E-state index contributed by atoms with van der Waals surface area (Å²) in [4.78, 5) is 1.37. The second-order valence-corrected chi connectivity index (χ2v) is 8.39. The first-order valence-electron chi connectivity index (χ1n) is 7.25. The van der Waals surface area contributed by atoms with Gasteiger partial charge in [0.15, 0.2) is 0 Å². The van der Waals surface area contributed by atoms with Crippen LogP contribution in [0.15, 0.2) is 40.9 Å². The van der Waals surface area contributed by atoms with Crippen LogP contribution in [0.4, 0.5) is 0 Å². The molecular weight excluding hydrogens is 366 g/mol. The van der Waals surface area contributed by atoms with Crippen LogP contribution >= 0.6 is 38.9 Å². The van der Waals surface area contributed by atoms with Gasteiger partial charge in [-0.1, -0.05) is 53.5 Å². The number of thiophene rings is 1. The molecule has 1 nitrogen and oxygen atoms in total. The number of nitrogens with one attached hydrogen (secondary N) is 1. The smallest absolute Gasteiger partial charge is 0.0931 e. The van der Waals surface area contributed by atoms with Crippen LogP contribution in [0.1, 0.15) is 24.3 Å². The fraction of sp³-hybridized carbons (Fsp3) is 0.412. The largest absolute Gasteiger partial charge is 0.314 e. The molecule has 0 aliphatic rings. The molecule has 1 atom stereocenters. The van der Waals surface area contributed by atoms with Crippen LogP contribution in [0.3, 0.4) is 0 Å². The average molecular weight is 387 g/mol. The third kappa shape index (κ3) is 6.11. The van der Waals surface area contributed by atoms with Crippen molar-refractivity contribution in [2.45, 2.75) is 32.7 Å². The highest BCUT2D eigenvalue weighted by molar-refractivity contribution is 9.10. The Morgan fingerprint density at radius 2 is 2.00 bits per heavy atom. The minimum Gasteiger partial charge on any atom is -0.314 e. The molecule has 0 saturated heterocycles. The molecule has 1 aromatic heterocycles. The Labute approximate surface area is 144 Å². The van der Waals surface area contributed by atoms with Gasteiger partial charge in [0.25, 0.3) is 0 Å². The Bertz CT molecular complexity index is 567. The summed E-state index contributed by atoms with van der Waals surface area (Å²) in [5.41, 5.74) is 1.38. The van der Waals surface area contributed by atoms with Gasteiger partial charge in [-0.05, 0) is 55.1 Å². The van der Waals surface area contributed by atoms with Crippen LogP contribution in [-0.2, 0) is 12.8 Å². The minimum absolute atomic E-state index is 0.516. The van der Waals surface area contributed by atoms with E-state index in [-0.39, 0.29) is 0 Å². The van der Waals surface area contributed by atoms with Crippen molar-refractivity contribution in [3.05, 3.63) is 55.6 Å². The molecule has 1 N–H and O–H groups in total. The Morgan fingerprint density at radius 1 is 1.19 bits per heavy atom. The van der Waals surface area contributed by atoms with E-state index in [0.29, 0.717) is 12.0 Å². The maximum Gasteiger partial charge on any atom is 0.0931 e. The van der Waals surface area contributed by atoms with E-state index in [9.17, 15) is 0 Å². The quantitative estimate of drug-likeness (QED) is 0.656. The maximum atomic E-state index is 6.05. The van der Waals surface area contributed by atoms with E-state index in [1.54, 1.807) is 11.3 Å². The molecule has 0 fully saturated rings. The normalized spacial score (nSPS) is 12.8. The summed E-state index contributed by atoms with van der Waals surface area (Å²) >= 11 is 11.3. The van der Waals surface area contributed by atoms with Crippen molar-refractivity contribution in [2.75, 3.05) is 6.54 Å². The summed E-state index contributed by atoms with van der Waals surface area (Å²) < 4.78 is 2.03. The first-order valence-corrected chi connectivity index (χ1v) is 9.23. The number of rotatable bonds is 7. The molecule has 1 heterocycles. The molecule has 0 aliphatic carbocycles. The lowest BCUT2D eigenvalue weighted by atomic mass is 9.95. The fourth-order valence-electron chi connectivity index (χ4n) is 2.36. The lowest BCUT2D eigenvalue weighted by molar-refractivity contribution is 0.446. The van der Waals surface area contributed by atoms with E-state index in [2.05, 4.69) is 65.4 Å². The van der Waals surface area contributed by atoms with E-state index in [4.69, 9.17) is 11.6 Å². The zero-order chi connectivity index (χ0) is 15.2. The van der Waals surface area contributed by atoms with E-state index in [0.717, 1.165) is 28.2 Å². The highest BCUT2D eigenvalue weighted by Crippen LogP contribution is 2.25. The van der Waals surface area contributed by atoms with Gasteiger partial charge in [0.05, 0.1) is 4.34 Å². The van der Waals surface area contributed by atoms with Gasteiger partial charge in [-0.3, -0.25) is 0 Å². The molecule has 0 saturated carbocycles. The second kappa shape index (κ2) is 8.33. The zero-order valence-electron chi connectivity index (χ0n) is 12.4. The molecular formula is C17H21BrClNS. The molecule has 0 spiro atoms. The molecule has 1 unspecified atom stereocenters. The first-order chi connectivity index (χ1) is 10.0. The maximum absolute atomic E-state index is 6.05. The van der Waals surface area contributed by atoms with Gasteiger partial charge in [-0.15, -0.1) is 11.3 Å². The van der Waals surface area contributed by atoms with Gasteiger partial charge in [-0.2, -0.15) is 0 Å². The van der Waals surface area contributed by atoms with Crippen molar-refractivity contribution >= 4 is 38.9 Å². The molecule has 2 rings (SSSR count). The highest BCUT2D eigenvalue weighted by Gasteiger charge is 2.13. The second-order valence-electron chi connectivity index (χ2n) is 5.67. The SMILES string of the molecule is CC(C)NCC(Cc1cccc(Br)c1)Cc1ccc(Cl)s1. The van der Waals surface area contributed by atoms with Crippen LogP contribution in [-0.4, -0.2) is 12.6 Å². The van der Waals surface area contributed by atoms with Gasteiger partial charge in [0.2, 0.25) is 0 Å². The Balaban J connectivity index is 2.04. The predicted octanol–water partition coefficient (Wildman–Crippen LogP) is 5.56. The van der Waals surface area contributed by atoms with Crippen molar-refractivity contribution in [1.29, 1.82) is 0 Å². The lowest BCUT2D eigenvalue weighted by Crippen LogP contribution is -2.30. The third-order valence-electron chi connectivity index (χ3n) is 3.35. The first kappa shape index (κ1) is 17.0. The monoisotopic (exact) mass is 385 g/mol. The number of halogens is 2. The van der Waals surface area contributed by atoms with E-state index in [1.807, 2.05) is 6.07 Å². The summed E-state index contributed by atoms with van der Waals surface area (Å²) in [6.45, 7) is 5.41. The molecule has 4 heteroatoms. The van der Waals surface area contributed by atoms with Gasteiger partial charge in [0, 0.05) is 15.4 Å². The summed E-state index contributed by atoms with van der Waals surface area (Å²) in [6.07, 6.45) is 2.15. The van der Waals surface area contributed by atoms with Crippen LogP contribution in [0.5, 0.6) is 0 Å². The highest BCUT2D eigenvalue weighted by atomic mass is 79.9. The van der Waals surface area contributed by atoms with Gasteiger partial charge < -0.3 is 5.32 Å². The van der Waals surface area contributed by atoms with Crippen molar-refractivity contribution in [3.8, 4) is 0 Å². The van der Waals surface area contributed by atoms with Crippen LogP contribution < -0.4 is 5.32 Å². The van der Waals surface area contributed by atoms with Crippen LogP contribution in [0, 0.1) is 5.92 Å². The van der Waals surface area contributed by atoms with E-state index < -0.39 is 0 Å². The van der Waals surface area contributed by atoms with Gasteiger partial charge in [-0.25, -0.2) is 0 Å². The van der Waals surface area contributed by atoms with E-state index >= 15 is 0 Å². The van der Waals surface area contributed by atoms with Crippen LogP contribution in [0.2, 0.25) is 4.34 Å². The van der Waals surface area contributed by atoms with Gasteiger partial charge >= 0.3 is 0 Å². The lowest BCUT2D eigenvalue weighted by Gasteiger charge is -2.19. The topological polar surface area (TPSA) is 12.0 Å². The standard InChI is InChI=1S/C17H21BrClNS/c1-12(2)20-11-14(10-16-6-7-17(19)21-16)8-13-4-3-5-15(18)9-13/h3-7,9,12,14,20H,8,10-11H2,1-2H3. The molecule has 0 radical (unpaired) electrons. The number of hydrogen-bond acceptors (Lipinski definition) is 2. The van der Waals surface area contributed by atoms with Crippen molar-refractivity contribution in [1.82, 2.24) is 5.32 Å². The molecule has 1 aromatic carbocycles. The Morgan fingerprint density at radius 3 is 2.62 bits per heavy atom. The molecule has 21 heavy (non-hydrogen) atoms. The molecule has 114 valence electrons. The molecule has 0 amide bonds. The van der Waals surface area contributed by atoms with Crippen molar-refractivity contribution in [2.24, 2.45) is 5.92 Å². The third-order valence-corrected chi connectivity index (χ3v) is 5.09. The summed E-state index contributed by atoms with van der Waals surface area (Å²) in [5, 5.41) is 3.57. The summed E-state index contributed by atoms with van der Waals surface area (Å²) in [6, 6.07) is 13.3. The number of benzene rings is 1. The average Bonchev–Trinajstić information content (AvgIpc) is 2.81. The minimum atomic E-state index is 0.516. The summed E-state index contributed by atoms with van der Waals surface area (Å²) in [7, 11) is 0. The zero-order valence-corrected chi connectivity index (χ0v) is 15.6. The molecule has 2 aromatic rings. The van der Waals surface area contributed by atoms with Crippen LogP contribution in [0.25, 0.3) is 0 Å². The predicted molar refractivity (Wildman–Crippen MR) is 97.5 cm³/mol. The molecule has 0 aliphatic heterocycles. The van der Waals surface area contributed by atoms with Gasteiger partial charge in [0.1, 0.15) is 0 Å². The van der Waals surface area contributed by atoms with Crippen molar-refractivity contribution < 1.29 is 0 Å². The van der Waals surface area contributed by atoms with Crippen molar-refractivity contribution in [3.63, 3.8) is 0 Å². The van der Waals surface area contributed by atoms with E-state index in [1.165, 1.54) is 10.4 Å².